The van der Waals surface area contributed by atoms with Gasteiger partial charge in [0.15, 0.2) is 0 Å². The number of hydrogen-bond donors (Lipinski definition) is 2. The Kier molecular flexibility index (Phi) is 10.1. The third kappa shape index (κ3) is 7.08. The van der Waals surface area contributed by atoms with Crippen LogP contribution in [0.25, 0.3) is 22.2 Å². The summed E-state index contributed by atoms with van der Waals surface area (Å²) in [6.45, 7) is 8.88. The van der Waals surface area contributed by atoms with E-state index < -0.39 is 11.6 Å². The molecule has 9 heteroatoms. The molecule has 0 saturated heterocycles. The van der Waals surface area contributed by atoms with Gasteiger partial charge in [0.1, 0.15) is 23.7 Å². The van der Waals surface area contributed by atoms with Gasteiger partial charge in [-0.15, -0.1) is 0 Å². The molecule has 0 spiro atoms. The number of rotatable bonds is 11. The third-order valence-corrected chi connectivity index (χ3v) is 7.78. The predicted octanol–water partition coefficient (Wildman–Crippen LogP) is 8.23. The van der Waals surface area contributed by atoms with Crippen molar-refractivity contribution in [3.63, 3.8) is 0 Å². The van der Waals surface area contributed by atoms with E-state index >= 15 is 0 Å². The molecule has 5 rings (SSSR count). The van der Waals surface area contributed by atoms with E-state index in [-0.39, 0.29) is 37.1 Å². The summed E-state index contributed by atoms with van der Waals surface area (Å²) in [6, 6.07) is 24.4. The molecule has 0 radical (unpaired) electrons. The standard InChI is InChI=1S/C37H38N6O3/c1-24(2)29-15-10-16-30(25(3)4)33(29)41-37(45)42-34-32(26-12-9-14-28(22-26)46-23-27-13-5-7-19-39-27)31-17-11-20-40-35(31)43(36(34)44)21-8-6-18-38/h5,7,9-17,19-20,22,24-25H,6,8,21,23H2,1-4H3,(H2,41,42,45). The number of ether oxygens (including phenoxy) is 1. The first kappa shape index (κ1) is 31.9. The van der Waals surface area contributed by atoms with Crippen LogP contribution in [0, 0.1) is 11.3 Å². The van der Waals surface area contributed by atoms with E-state index in [2.05, 4.69) is 54.4 Å². The Hall–Kier alpha value is -5.49. The molecule has 3 aromatic heterocycles. The summed E-state index contributed by atoms with van der Waals surface area (Å²) in [5.41, 5.74) is 4.94. The molecule has 0 aliphatic carbocycles. The molecule has 3 heterocycles. The second kappa shape index (κ2) is 14.5. The predicted molar refractivity (Wildman–Crippen MR) is 182 cm³/mol. The van der Waals surface area contributed by atoms with Gasteiger partial charge >= 0.3 is 6.03 Å². The second-order valence-electron chi connectivity index (χ2n) is 11.7. The lowest BCUT2D eigenvalue weighted by Gasteiger charge is -2.22. The topological polar surface area (TPSA) is 122 Å². The molecule has 5 aromatic rings. The van der Waals surface area contributed by atoms with Crippen molar-refractivity contribution >= 4 is 28.4 Å². The quantitative estimate of drug-likeness (QED) is 0.145. The Morgan fingerprint density at radius 2 is 1.61 bits per heavy atom. The average Bonchev–Trinajstić information content (AvgIpc) is 3.06. The van der Waals surface area contributed by atoms with Crippen molar-refractivity contribution in [1.29, 1.82) is 5.26 Å². The van der Waals surface area contributed by atoms with Gasteiger partial charge in [-0.05, 0) is 71.3 Å². The van der Waals surface area contributed by atoms with Crippen molar-refractivity contribution in [2.75, 3.05) is 10.6 Å². The van der Waals surface area contributed by atoms with Gasteiger partial charge < -0.3 is 15.4 Å². The molecule has 0 aliphatic rings. The minimum atomic E-state index is -0.525. The maximum Gasteiger partial charge on any atom is 0.323 e. The number of para-hydroxylation sites is 1. The summed E-state index contributed by atoms with van der Waals surface area (Å²) < 4.78 is 7.60. The van der Waals surface area contributed by atoms with Gasteiger partial charge in [0, 0.05) is 42.0 Å². The lowest BCUT2D eigenvalue weighted by atomic mass is 9.93. The van der Waals surface area contributed by atoms with Crippen LogP contribution in [-0.2, 0) is 13.2 Å². The molecule has 234 valence electrons. The molecule has 2 N–H and O–H groups in total. The number of aryl methyl sites for hydroxylation is 1. The number of anilines is 2. The highest BCUT2D eigenvalue weighted by Crippen LogP contribution is 2.36. The van der Waals surface area contributed by atoms with Gasteiger partial charge in [0.2, 0.25) is 0 Å². The van der Waals surface area contributed by atoms with Crippen LogP contribution >= 0.6 is 0 Å². The van der Waals surface area contributed by atoms with E-state index in [1.165, 1.54) is 4.57 Å². The largest absolute Gasteiger partial charge is 0.487 e. The Morgan fingerprint density at radius 3 is 2.30 bits per heavy atom. The second-order valence-corrected chi connectivity index (χ2v) is 11.7. The third-order valence-electron chi connectivity index (χ3n) is 7.78. The van der Waals surface area contributed by atoms with Crippen LogP contribution < -0.4 is 20.9 Å². The van der Waals surface area contributed by atoms with Crippen LogP contribution in [0.3, 0.4) is 0 Å². The summed E-state index contributed by atoms with van der Waals surface area (Å²) in [7, 11) is 0. The lowest BCUT2D eigenvalue weighted by molar-refractivity contribution is 0.262. The SMILES string of the molecule is CC(C)c1cccc(C(C)C)c1NC(=O)Nc1c(-c2cccc(OCc3ccccn3)c2)c2cccnc2n(CCCC#N)c1=O. The smallest absolute Gasteiger partial charge is 0.323 e. The number of pyridine rings is 3. The summed E-state index contributed by atoms with van der Waals surface area (Å²) in [5, 5.41) is 15.9. The number of nitriles is 1. The lowest BCUT2D eigenvalue weighted by Crippen LogP contribution is -2.30. The number of carbonyl (C=O) groups is 1. The number of aromatic nitrogens is 3. The number of amides is 2. The minimum absolute atomic E-state index is 0.116. The van der Waals surface area contributed by atoms with Crippen LogP contribution in [0.4, 0.5) is 16.2 Å². The Bertz CT molecular complexity index is 1920. The number of nitrogens with zero attached hydrogens (tertiary/aromatic N) is 4. The highest BCUT2D eigenvalue weighted by atomic mass is 16.5. The highest BCUT2D eigenvalue weighted by Gasteiger charge is 2.23. The van der Waals surface area contributed by atoms with Gasteiger partial charge in [-0.3, -0.25) is 14.3 Å². The Morgan fingerprint density at radius 1 is 0.891 bits per heavy atom. The molecular formula is C37H38N6O3. The normalized spacial score (nSPS) is 11.1. The zero-order chi connectivity index (χ0) is 32.6. The van der Waals surface area contributed by atoms with Gasteiger partial charge in [0.05, 0.1) is 11.8 Å². The molecule has 0 fully saturated rings. The van der Waals surface area contributed by atoms with Crippen LogP contribution in [-0.4, -0.2) is 20.6 Å². The summed E-state index contributed by atoms with van der Waals surface area (Å²) in [6.07, 6.45) is 4.09. The Labute approximate surface area is 268 Å². The molecule has 9 nitrogen and oxygen atoms in total. The van der Waals surface area contributed by atoms with Crippen molar-refractivity contribution in [2.45, 2.75) is 65.5 Å². The number of fused-ring (bicyclic) bond motifs is 1. The Balaban J connectivity index is 1.61. The monoisotopic (exact) mass is 614 g/mol. The molecule has 0 atom stereocenters. The molecule has 0 unspecified atom stereocenters. The number of unbranched alkanes of at least 4 members (excludes halogenated alkanes) is 1. The molecule has 0 aliphatic heterocycles. The first-order valence-electron chi connectivity index (χ1n) is 15.5. The van der Waals surface area contributed by atoms with Gasteiger partial charge in [-0.1, -0.05) is 64.1 Å². The highest BCUT2D eigenvalue weighted by molar-refractivity contribution is 6.07. The zero-order valence-electron chi connectivity index (χ0n) is 26.6. The summed E-state index contributed by atoms with van der Waals surface area (Å²) in [4.78, 5) is 37.0. The van der Waals surface area contributed by atoms with Gasteiger partial charge in [-0.25, -0.2) is 9.78 Å². The first-order valence-corrected chi connectivity index (χ1v) is 15.5. The number of benzene rings is 2. The maximum absolute atomic E-state index is 14.3. The molecule has 46 heavy (non-hydrogen) atoms. The molecule has 2 amide bonds. The van der Waals surface area contributed by atoms with E-state index in [4.69, 9.17) is 10.00 Å². The fraction of sp³-hybridized carbons (Fsp3) is 0.270. The zero-order valence-corrected chi connectivity index (χ0v) is 26.6. The van der Waals surface area contributed by atoms with Crippen molar-refractivity contribution in [3.05, 3.63) is 112 Å². The van der Waals surface area contributed by atoms with Crippen LogP contribution in [0.1, 0.15) is 69.2 Å². The molecular weight excluding hydrogens is 576 g/mol. The fourth-order valence-corrected chi connectivity index (χ4v) is 5.56. The maximum atomic E-state index is 14.3. The minimum Gasteiger partial charge on any atom is -0.487 e. The van der Waals surface area contributed by atoms with Crippen molar-refractivity contribution in [2.24, 2.45) is 0 Å². The molecule has 0 bridgehead atoms. The van der Waals surface area contributed by atoms with Crippen LogP contribution in [0.5, 0.6) is 5.75 Å². The number of hydrogen-bond acceptors (Lipinski definition) is 6. The van der Waals surface area contributed by atoms with Crippen LogP contribution in [0.2, 0.25) is 0 Å². The van der Waals surface area contributed by atoms with Crippen LogP contribution in [0.15, 0.2) is 90.0 Å². The number of carbonyl (C=O) groups excluding carboxylic acids is 1. The van der Waals surface area contributed by atoms with E-state index in [0.29, 0.717) is 34.3 Å². The summed E-state index contributed by atoms with van der Waals surface area (Å²) >= 11 is 0. The van der Waals surface area contributed by atoms with E-state index in [0.717, 1.165) is 22.5 Å². The number of nitrogens with one attached hydrogen (secondary N) is 2. The van der Waals surface area contributed by atoms with Crippen molar-refractivity contribution in [3.8, 4) is 22.9 Å². The van der Waals surface area contributed by atoms with E-state index in [1.807, 2.05) is 66.7 Å². The molecule has 2 aromatic carbocycles. The number of urea groups is 1. The van der Waals surface area contributed by atoms with E-state index in [1.54, 1.807) is 18.5 Å². The van der Waals surface area contributed by atoms with Gasteiger partial charge in [0.25, 0.3) is 5.56 Å². The summed E-state index contributed by atoms with van der Waals surface area (Å²) in [5.74, 6) is 0.922. The average molecular weight is 615 g/mol. The van der Waals surface area contributed by atoms with E-state index in [9.17, 15) is 9.59 Å². The van der Waals surface area contributed by atoms with Crippen molar-refractivity contribution < 1.29 is 9.53 Å². The molecule has 0 saturated carbocycles. The van der Waals surface area contributed by atoms with Crippen molar-refractivity contribution in [1.82, 2.24) is 14.5 Å². The first-order chi connectivity index (χ1) is 22.3. The fourth-order valence-electron chi connectivity index (χ4n) is 5.56. The van der Waals surface area contributed by atoms with Gasteiger partial charge in [-0.2, -0.15) is 5.26 Å².